The van der Waals surface area contributed by atoms with Gasteiger partial charge in [0, 0.05) is 31.2 Å². The van der Waals surface area contributed by atoms with E-state index in [1.807, 2.05) is 49.4 Å². The molecule has 5 rings (SSSR count). The number of halogens is 1. The van der Waals surface area contributed by atoms with Gasteiger partial charge in [-0.1, -0.05) is 29.8 Å². The Balaban J connectivity index is 1.43. The molecule has 2 heterocycles. The molecule has 1 fully saturated rings. The van der Waals surface area contributed by atoms with Gasteiger partial charge >= 0.3 is 0 Å². The lowest BCUT2D eigenvalue weighted by atomic mass is 10.1. The van der Waals surface area contributed by atoms with Crippen molar-refractivity contribution in [3.63, 3.8) is 0 Å². The fourth-order valence-electron chi connectivity index (χ4n) is 3.97. The first-order valence-corrected chi connectivity index (χ1v) is 12.2. The van der Waals surface area contributed by atoms with Gasteiger partial charge in [-0.15, -0.1) is 0 Å². The van der Waals surface area contributed by atoms with Crippen LogP contribution in [-0.2, 0) is 10.0 Å². The van der Waals surface area contributed by atoms with E-state index in [9.17, 15) is 8.42 Å². The molecule has 32 heavy (non-hydrogen) atoms. The van der Waals surface area contributed by atoms with Crippen LogP contribution in [0.15, 0.2) is 76.6 Å². The van der Waals surface area contributed by atoms with Crippen LogP contribution in [0.5, 0.6) is 11.5 Å². The quantitative estimate of drug-likeness (QED) is 0.541. The van der Waals surface area contributed by atoms with Gasteiger partial charge in [0.25, 0.3) is 0 Å². The van der Waals surface area contributed by atoms with Crippen LogP contribution in [0.4, 0.5) is 5.69 Å². The van der Waals surface area contributed by atoms with Crippen molar-refractivity contribution in [2.45, 2.75) is 11.8 Å². The highest BCUT2D eigenvalue weighted by Crippen LogP contribution is 2.38. The van der Waals surface area contributed by atoms with Gasteiger partial charge in [0.1, 0.15) is 17.3 Å². The number of aliphatic imine (C=N–C) groups is 1. The highest BCUT2D eigenvalue weighted by atomic mass is 35.5. The van der Waals surface area contributed by atoms with Crippen LogP contribution in [0.1, 0.15) is 11.1 Å². The molecule has 0 spiro atoms. The number of para-hydroxylation sites is 1. The number of rotatable bonds is 2. The Labute approximate surface area is 192 Å². The van der Waals surface area contributed by atoms with Gasteiger partial charge in [-0.05, 0) is 61.0 Å². The molecule has 1 saturated heterocycles. The van der Waals surface area contributed by atoms with E-state index in [-0.39, 0.29) is 4.90 Å². The van der Waals surface area contributed by atoms with Crippen molar-refractivity contribution in [3.05, 3.63) is 82.9 Å². The summed E-state index contributed by atoms with van der Waals surface area (Å²) in [4.78, 5) is 7.32. The number of aryl methyl sites for hydroxylation is 1. The highest BCUT2D eigenvalue weighted by molar-refractivity contribution is 7.89. The van der Waals surface area contributed by atoms with Gasteiger partial charge in [-0.2, -0.15) is 4.31 Å². The number of fused-ring (bicyclic) bond motifs is 2. The third kappa shape index (κ3) is 3.88. The molecular weight excluding hydrogens is 446 g/mol. The van der Waals surface area contributed by atoms with Gasteiger partial charge in [-0.25, -0.2) is 13.4 Å². The van der Waals surface area contributed by atoms with Crippen molar-refractivity contribution in [2.75, 3.05) is 26.2 Å². The van der Waals surface area contributed by atoms with Crippen molar-refractivity contribution < 1.29 is 13.2 Å². The summed E-state index contributed by atoms with van der Waals surface area (Å²) in [5.41, 5.74) is 2.76. The number of piperazine rings is 1. The summed E-state index contributed by atoms with van der Waals surface area (Å²) in [7, 11) is -3.57. The zero-order valence-electron chi connectivity index (χ0n) is 17.5. The largest absolute Gasteiger partial charge is 0.454 e. The van der Waals surface area contributed by atoms with Crippen molar-refractivity contribution in [3.8, 4) is 11.5 Å². The first-order chi connectivity index (χ1) is 15.4. The average Bonchev–Trinajstić information content (AvgIpc) is 2.96. The summed E-state index contributed by atoms with van der Waals surface area (Å²) in [6.07, 6.45) is 0. The monoisotopic (exact) mass is 467 g/mol. The van der Waals surface area contributed by atoms with E-state index in [1.165, 1.54) is 4.31 Å². The molecule has 3 aromatic rings. The number of ether oxygens (including phenoxy) is 1. The molecule has 0 bridgehead atoms. The number of nitrogens with zero attached hydrogens (tertiary/aromatic N) is 3. The Morgan fingerprint density at radius 2 is 1.62 bits per heavy atom. The van der Waals surface area contributed by atoms with E-state index in [0.29, 0.717) is 31.2 Å². The minimum atomic E-state index is -3.57. The van der Waals surface area contributed by atoms with Crippen LogP contribution in [0.3, 0.4) is 0 Å². The zero-order chi connectivity index (χ0) is 22.3. The first kappa shape index (κ1) is 21.0. The molecule has 2 aliphatic rings. The van der Waals surface area contributed by atoms with E-state index in [4.69, 9.17) is 21.3 Å². The van der Waals surface area contributed by atoms with E-state index >= 15 is 0 Å². The van der Waals surface area contributed by atoms with Crippen molar-refractivity contribution in [1.82, 2.24) is 9.21 Å². The van der Waals surface area contributed by atoms with Gasteiger partial charge in [0.15, 0.2) is 5.75 Å². The van der Waals surface area contributed by atoms with Gasteiger partial charge in [-0.3, -0.25) is 0 Å². The van der Waals surface area contributed by atoms with E-state index in [1.54, 1.807) is 24.3 Å². The predicted octanol–water partition coefficient (Wildman–Crippen LogP) is 4.84. The summed E-state index contributed by atoms with van der Waals surface area (Å²) >= 11 is 5.91. The van der Waals surface area contributed by atoms with Gasteiger partial charge in [0.2, 0.25) is 10.0 Å². The number of hydrogen-bond donors (Lipinski definition) is 0. The number of benzene rings is 3. The maximum atomic E-state index is 13.0. The molecule has 0 N–H and O–H groups in total. The summed E-state index contributed by atoms with van der Waals surface area (Å²) in [5.74, 6) is 2.26. The Kier molecular flexibility index (Phi) is 5.41. The maximum Gasteiger partial charge on any atom is 0.243 e. The minimum absolute atomic E-state index is 0.255. The zero-order valence-corrected chi connectivity index (χ0v) is 19.1. The lowest BCUT2D eigenvalue weighted by Crippen LogP contribution is -2.50. The molecule has 8 heteroatoms. The molecule has 0 saturated carbocycles. The molecule has 0 radical (unpaired) electrons. The average molecular weight is 468 g/mol. The van der Waals surface area contributed by atoms with Crippen molar-refractivity contribution in [1.29, 1.82) is 0 Å². The van der Waals surface area contributed by atoms with Crippen LogP contribution in [0.2, 0.25) is 5.02 Å². The second kappa shape index (κ2) is 8.24. The van der Waals surface area contributed by atoms with Crippen LogP contribution in [-0.4, -0.2) is 49.6 Å². The van der Waals surface area contributed by atoms with E-state index < -0.39 is 10.0 Å². The third-order valence-corrected chi connectivity index (χ3v) is 7.84. The van der Waals surface area contributed by atoms with Crippen molar-refractivity contribution in [2.24, 2.45) is 4.99 Å². The standard InChI is InChI=1S/C24H22ClN3O3S/c1-17-6-11-21-23(16-17)31-22-5-3-2-4-20(22)24(26-21)27-12-14-28(15-13-27)32(29,30)19-9-7-18(25)8-10-19/h2-11,16H,12-15H2,1H3. The maximum absolute atomic E-state index is 13.0. The van der Waals surface area contributed by atoms with Crippen LogP contribution < -0.4 is 4.74 Å². The number of sulfonamides is 1. The van der Waals surface area contributed by atoms with Crippen molar-refractivity contribution >= 4 is 33.1 Å². The van der Waals surface area contributed by atoms with Gasteiger partial charge in [0.05, 0.1) is 10.5 Å². The Hall–Kier alpha value is -2.87. The lowest BCUT2D eigenvalue weighted by Gasteiger charge is -2.35. The normalized spacial score (nSPS) is 16.4. The minimum Gasteiger partial charge on any atom is -0.454 e. The molecule has 0 aliphatic carbocycles. The lowest BCUT2D eigenvalue weighted by molar-refractivity contribution is 0.266. The molecule has 0 unspecified atom stereocenters. The molecule has 0 aromatic heterocycles. The second-order valence-electron chi connectivity index (χ2n) is 7.85. The Bertz CT molecular complexity index is 1300. The fraction of sp³-hybridized carbons (Fsp3) is 0.208. The van der Waals surface area contributed by atoms with Crippen LogP contribution in [0, 0.1) is 6.92 Å². The summed E-state index contributed by atoms with van der Waals surface area (Å²) < 4.78 is 33.8. The topological polar surface area (TPSA) is 62.2 Å². The highest BCUT2D eigenvalue weighted by Gasteiger charge is 2.31. The summed E-state index contributed by atoms with van der Waals surface area (Å²) in [5, 5.41) is 0.511. The predicted molar refractivity (Wildman–Crippen MR) is 126 cm³/mol. The van der Waals surface area contributed by atoms with Crippen LogP contribution >= 0.6 is 11.6 Å². The summed E-state index contributed by atoms with van der Waals surface area (Å²) in [6, 6.07) is 20.1. The molecule has 164 valence electrons. The van der Waals surface area contributed by atoms with Crippen LogP contribution in [0.25, 0.3) is 0 Å². The SMILES string of the molecule is Cc1ccc2c(c1)Oc1ccccc1C(N1CCN(S(=O)(=O)c3ccc(Cl)cc3)CC1)=N2. The molecule has 3 aromatic carbocycles. The fourth-order valence-corrected chi connectivity index (χ4v) is 5.51. The Morgan fingerprint density at radius 1 is 0.906 bits per heavy atom. The molecule has 6 nitrogen and oxygen atoms in total. The molecule has 0 atom stereocenters. The smallest absolute Gasteiger partial charge is 0.243 e. The summed E-state index contributed by atoms with van der Waals surface area (Å²) in [6.45, 7) is 3.81. The third-order valence-electron chi connectivity index (χ3n) is 5.68. The van der Waals surface area contributed by atoms with E-state index in [2.05, 4.69) is 4.90 Å². The molecular formula is C24H22ClN3O3S. The number of hydrogen-bond acceptors (Lipinski definition) is 5. The van der Waals surface area contributed by atoms with Gasteiger partial charge < -0.3 is 9.64 Å². The second-order valence-corrected chi connectivity index (χ2v) is 10.2. The molecule has 0 amide bonds. The van der Waals surface area contributed by atoms with E-state index in [0.717, 1.165) is 34.1 Å². The number of amidine groups is 1. The first-order valence-electron chi connectivity index (χ1n) is 10.4. The Morgan fingerprint density at radius 3 is 2.38 bits per heavy atom. The molecule has 2 aliphatic heterocycles.